The standard InChI is InChI=1S/C7H12N2O3/c1-3-7(4-2)5-9(8-11)6(10)12-7/h3-5H2,1-2H3. The van der Waals surface area contributed by atoms with Crippen LogP contribution in [-0.2, 0) is 4.74 Å². The van der Waals surface area contributed by atoms with E-state index in [4.69, 9.17) is 4.74 Å². The van der Waals surface area contributed by atoms with E-state index in [1.165, 1.54) is 0 Å². The lowest BCUT2D eigenvalue weighted by Gasteiger charge is -2.21. The van der Waals surface area contributed by atoms with Gasteiger partial charge in [0, 0.05) is 0 Å². The first-order valence-corrected chi connectivity index (χ1v) is 4.01. The highest BCUT2D eigenvalue weighted by Gasteiger charge is 2.43. The molecule has 0 unspecified atom stereocenters. The smallest absolute Gasteiger partial charge is 0.433 e. The zero-order valence-electron chi connectivity index (χ0n) is 7.24. The van der Waals surface area contributed by atoms with Gasteiger partial charge in [-0.1, -0.05) is 13.8 Å². The summed E-state index contributed by atoms with van der Waals surface area (Å²) in [6, 6.07) is 0. The summed E-state index contributed by atoms with van der Waals surface area (Å²) in [7, 11) is 0. The summed E-state index contributed by atoms with van der Waals surface area (Å²) in [5.41, 5.74) is -0.495. The van der Waals surface area contributed by atoms with Gasteiger partial charge in [0.05, 0.1) is 11.8 Å². The van der Waals surface area contributed by atoms with Crippen LogP contribution < -0.4 is 0 Å². The van der Waals surface area contributed by atoms with Crippen molar-refractivity contribution in [1.82, 2.24) is 5.01 Å². The molecule has 12 heavy (non-hydrogen) atoms. The summed E-state index contributed by atoms with van der Waals surface area (Å²) in [6.45, 7) is 4.12. The Labute approximate surface area is 70.6 Å². The summed E-state index contributed by atoms with van der Waals surface area (Å²) >= 11 is 0. The highest BCUT2D eigenvalue weighted by molar-refractivity contribution is 5.70. The van der Waals surface area contributed by atoms with Crippen molar-refractivity contribution >= 4 is 6.09 Å². The lowest BCUT2D eigenvalue weighted by atomic mass is 9.98. The first kappa shape index (κ1) is 8.96. The van der Waals surface area contributed by atoms with E-state index in [1.54, 1.807) is 0 Å². The van der Waals surface area contributed by atoms with E-state index in [2.05, 4.69) is 5.29 Å². The lowest BCUT2D eigenvalue weighted by molar-refractivity contribution is 0.0504. The Bertz CT molecular complexity index is 201. The highest BCUT2D eigenvalue weighted by Crippen LogP contribution is 2.29. The van der Waals surface area contributed by atoms with Gasteiger partial charge in [-0.25, -0.2) is 4.79 Å². The van der Waals surface area contributed by atoms with Gasteiger partial charge in [0.15, 0.2) is 0 Å². The molecule has 1 aliphatic rings. The van der Waals surface area contributed by atoms with Crippen molar-refractivity contribution in [3.63, 3.8) is 0 Å². The minimum Gasteiger partial charge on any atom is -0.440 e. The molecule has 1 aliphatic heterocycles. The van der Waals surface area contributed by atoms with Crippen molar-refractivity contribution in [2.45, 2.75) is 32.3 Å². The van der Waals surface area contributed by atoms with Crippen LogP contribution in [0.1, 0.15) is 26.7 Å². The predicted molar refractivity (Wildman–Crippen MR) is 42.3 cm³/mol. The van der Waals surface area contributed by atoms with Crippen molar-refractivity contribution in [3.8, 4) is 0 Å². The molecular weight excluding hydrogens is 160 g/mol. The second kappa shape index (κ2) is 3.08. The van der Waals surface area contributed by atoms with E-state index < -0.39 is 11.7 Å². The molecule has 0 bridgehead atoms. The van der Waals surface area contributed by atoms with Gasteiger partial charge in [0.25, 0.3) is 0 Å². The third-order valence-corrected chi connectivity index (χ3v) is 2.34. The predicted octanol–water partition coefficient (Wildman–Crippen LogP) is 1.68. The molecule has 1 rings (SSSR count). The third-order valence-electron chi connectivity index (χ3n) is 2.34. The molecular formula is C7H12N2O3. The van der Waals surface area contributed by atoms with Gasteiger partial charge in [0.2, 0.25) is 0 Å². The summed E-state index contributed by atoms with van der Waals surface area (Å²) in [5.74, 6) is 0. The first-order chi connectivity index (χ1) is 5.67. The summed E-state index contributed by atoms with van der Waals surface area (Å²) in [6.07, 6.45) is 0.788. The zero-order valence-corrected chi connectivity index (χ0v) is 7.24. The zero-order chi connectivity index (χ0) is 9.19. The fourth-order valence-corrected chi connectivity index (χ4v) is 1.29. The van der Waals surface area contributed by atoms with Crippen LogP contribution in [0, 0.1) is 4.91 Å². The highest BCUT2D eigenvalue weighted by atomic mass is 16.6. The summed E-state index contributed by atoms with van der Waals surface area (Å²) in [4.78, 5) is 21.1. The molecule has 0 aromatic rings. The summed E-state index contributed by atoms with van der Waals surface area (Å²) in [5, 5.41) is 3.39. The van der Waals surface area contributed by atoms with Gasteiger partial charge < -0.3 is 4.74 Å². The van der Waals surface area contributed by atoms with E-state index >= 15 is 0 Å². The average Bonchev–Trinajstić information content (AvgIpc) is 2.43. The van der Waals surface area contributed by atoms with Crippen LogP contribution >= 0.6 is 0 Å². The minimum absolute atomic E-state index is 0.280. The number of ether oxygens (including phenoxy) is 1. The van der Waals surface area contributed by atoms with Crippen LogP contribution in [0.4, 0.5) is 4.79 Å². The Morgan fingerprint density at radius 2 is 2.17 bits per heavy atom. The fourth-order valence-electron chi connectivity index (χ4n) is 1.29. The van der Waals surface area contributed by atoms with Crippen LogP contribution in [0.15, 0.2) is 5.29 Å². The van der Waals surface area contributed by atoms with E-state index in [9.17, 15) is 9.70 Å². The van der Waals surface area contributed by atoms with Crippen LogP contribution in [0.2, 0.25) is 0 Å². The monoisotopic (exact) mass is 172 g/mol. The molecule has 5 nitrogen and oxygen atoms in total. The van der Waals surface area contributed by atoms with Crippen LogP contribution in [0.5, 0.6) is 0 Å². The average molecular weight is 172 g/mol. The lowest BCUT2D eigenvalue weighted by Crippen LogP contribution is -2.31. The molecule has 0 spiro atoms. The fraction of sp³-hybridized carbons (Fsp3) is 0.857. The molecule has 1 saturated heterocycles. The number of carbonyl (C=O) groups is 1. The van der Waals surface area contributed by atoms with Gasteiger partial charge in [-0.3, -0.25) is 0 Å². The Kier molecular flexibility index (Phi) is 2.30. The van der Waals surface area contributed by atoms with Crippen molar-refractivity contribution in [3.05, 3.63) is 4.91 Å². The maximum absolute atomic E-state index is 10.9. The number of amides is 1. The molecule has 0 N–H and O–H groups in total. The molecule has 0 aliphatic carbocycles. The van der Waals surface area contributed by atoms with E-state index in [1.807, 2.05) is 13.8 Å². The van der Waals surface area contributed by atoms with Crippen molar-refractivity contribution in [1.29, 1.82) is 0 Å². The molecule has 68 valence electrons. The Morgan fingerprint density at radius 1 is 1.58 bits per heavy atom. The van der Waals surface area contributed by atoms with E-state index in [-0.39, 0.29) is 6.54 Å². The first-order valence-electron chi connectivity index (χ1n) is 4.01. The normalized spacial score (nSPS) is 20.8. The maximum Gasteiger partial charge on any atom is 0.433 e. The van der Waals surface area contributed by atoms with E-state index in [0.717, 1.165) is 5.01 Å². The Hall–Kier alpha value is -1.13. The van der Waals surface area contributed by atoms with Crippen LogP contribution in [0.25, 0.3) is 0 Å². The SMILES string of the molecule is CCC1(CC)CN(N=O)C(=O)O1. The number of rotatable bonds is 3. The van der Waals surface area contributed by atoms with Crippen molar-refractivity contribution < 1.29 is 9.53 Å². The van der Waals surface area contributed by atoms with Gasteiger partial charge in [0.1, 0.15) is 5.60 Å². The van der Waals surface area contributed by atoms with Crippen molar-refractivity contribution in [2.75, 3.05) is 6.54 Å². The number of carbonyl (C=O) groups excluding carboxylic acids is 1. The second-order valence-corrected chi connectivity index (χ2v) is 2.90. The quantitative estimate of drug-likeness (QED) is 0.608. The second-order valence-electron chi connectivity index (χ2n) is 2.90. The maximum atomic E-state index is 10.9. The third kappa shape index (κ3) is 1.26. The Morgan fingerprint density at radius 3 is 2.42 bits per heavy atom. The van der Waals surface area contributed by atoms with Crippen LogP contribution in [-0.4, -0.2) is 23.2 Å². The Balaban J connectivity index is 2.74. The topological polar surface area (TPSA) is 59.0 Å². The molecule has 0 saturated carbocycles. The van der Waals surface area contributed by atoms with Gasteiger partial charge in [-0.05, 0) is 12.8 Å². The number of nitroso groups, excluding NO2 is 1. The van der Waals surface area contributed by atoms with Crippen LogP contribution in [0.3, 0.4) is 0 Å². The number of nitrogens with zero attached hydrogens (tertiary/aromatic N) is 2. The molecule has 0 atom stereocenters. The van der Waals surface area contributed by atoms with Crippen molar-refractivity contribution in [2.24, 2.45) is 5.29 Å². The molecule has 5 heteroatoms. The largest absolute Gasteiger partial charge is 0.440 e. The molecule has 1 heterocycles. The summed E-state index contributed by atoms with van der Waals surface area (Å²) < 4.78 is 5.04. The van der Waals surface area contributed by atoms with E-state index in [0.29, 0.717) is 12.8 Å². The minimum atomic E-state index is -0.631. The molecule has 1 amide bonds. The van der Waals surface area contributed by atoms with Gasteiger partial charge in [-0.15, -0.1) is 4.91 Å². The molecule has 0 aromatic heterocycles. The molecule has 0 radical (unpaired) electrons. The van der Waals surface area contributed by atoms with Gasteiger partial charge >= 0.3 is 6.09 Å². The number of cyclic esters (lactones) is 1. The molecule has 0 aromatic carbocycles. The molecule has 1 fully saturated rings. The van der Waals surface area contributed by atoms with Gasteiger partial charge in [-0.2, -0.15) is 5.01 Å². The number of hydrogen-bond donors (Lipinski definition) is 0. The number of hydrogen-bond acceptors (Lipinski definition) is 4.